The fourth-order valence-corrected chi connectivity index (χ4v) is 3.69. The molecule has 156 valence electrons. The first-order valence-corrected chi connectivity index (χ1v) is 9.87. The van der Waals surface area contributed by atoms with E-state index in [0.29, 0.717) is 21.8 Å². The van der Waals surface area contributed by atoms with Crippen molar-refractivity contribution in [2.24, 2.45) is 0 Å². The SMILES string of the molecule is CC(C)OCCN1C(=O)C(O)=C(C(=O)c2cc3cc(Cl)ccc3o2)C1c1ccco1. The summed E-state index contributed by atoms with van der Waals surface area (Å²) in [6.45, 7) is 4.19. The van der Waals surface area contributed by atoms with Crippen LogP contribution < -0.4 is 0 Å². The van der Waals surface area contributed by atoms with Crippen LogP contribution in [0.2, 0.25) is 5.02 Å². The largest absolute Gasteiger partial charge is 0.503 e. The van der Waals surface area contributed by atoms with E-state index in [9.17, 15) is 14.7 Å². The van der Waals surface area contributed by atoms with Crippen LogP contribution in [-0.2, 0) is 9.53 Å². The fourth-order valence-electron chi connectivity index (χ4n) is 3.50. The third-order valence-corrected chi connectivity index (χ3v) is 5.08. The Labute approximate surface area is 177 Å². The molecule has 0 aliphatic carbocycles. The van der Waals surface area contributed by atoms with Crippen LogP contribution in [0, 0.1) is 0 Å². The lowest BCUT2D eigenvalue weighted by Gasteiger charge is -2.25. The highest BCUT2D eigenvalue weighted by Gasteiger charge is 2.45. The molecule has 8 heteroatoms. The van der Waals surface area contributed by atoms with Crippen molar-refractivity contribution in [2.75, 3.05) is 13.2 Å². The van der Waals surface area contributed by atoms with E-state index in [2.05, 4.69) is 0 Å². The predicted molar refractivity (Wildman–Crippen MR) is 109 cm³/mol. The van der Waals surface area contributed by atoms with E-state index in [1.54, 1.807) is 30.3 Å². The molecule has 1 aliphatic heterocycles. The summed E-state index contributed by atoms with van der Waals surface area (Å²) in [7, 11) is 0. The summed E-state index contributed by atoms with van der Waals surface area (Å²) in [4.78, 5) is 27.4. The third kappa shape index (κ3) is 3.62. The van der Waals surface area contributed by atoms with E-state index >= 15 is 0 Å². The number of halogens is 1. The van der Waals surface area contributed by atoms with Crippen LogP contribution in [0.5, 0.6) is 0 Å². The number of hydrogen-bond acceptors (Lipinski definition) is 6. The molecule has 0 saturated carbocycles. The average molecular weight is 430 g/mol. The lowest BCUT2D eigenvalue weighted by molar-refractivity contribution is -0.130. The van der Waals surface area contributed by atoms with Gasteiger partial charge in [-0.3, -0.25) is 9.59 Å². The summed E-state index contributed by atoms with van der Waals surface area (Å²) in [6, 6.07) is 8.94. The zero-order valence-corrected chi connectivity index (χ0v) is 17.2. The Balaban J connectivity index is 1.71. The number of aliphatic hydroxyl groups excluding tert-OH is 1. The van der Waals surface area contributed by atoms with Gasteiger partial charge in [0.2, 0.25) is 5.78 Å². The van der Waals surface area contributed by atoms with Crippen LogP contribution in [0.1, 0.15) is 36.2 Å². The lowest BCUT2D eigenvalue weighted by Crippen LogP contribution is -2.34. The van der Waals surface area contributed by atoms with E-state index in [1.165, 1.54) is 17.2 Å². The van der Waals surface area contributed by atoms with E-state index in [1.807, 2.05) is 13.8 Å². The maximum absolute atomic E-state index is 13.3. The molecule has 1 aromatic carbocycles. The average Bonchev–Trinajstić information content (AvgIpc) is 3.41. The molecule has 1 aliphatic rings. The van der Waals surface area contributed by atoms with Gasteiger partial charge in [-0.05, 0) is 50.2 Å². The van der Waals surface area contributed by atoms with Crippen LogP contribution in [0.4, 0.5) is 0 Å². The van der Waals surface area contributed by atoms with Crippen molar-refractivity contribution in [1.29, 1.82) is 0 Å². The number of carbonyl (C=O) groups excluding carboxylic acids is 2. The Hall–Kier alpha value is -3.03. The Bertz CT molecular complexity index is 1130. The molecule has 2 aromatic heterocycles. The lowest BCUT2D eigenvalue weighted by atomic mass is 9.99. The molecule has 30 heavy (non-hydrogen) atoms. The number of rotatable bonds is 7. The minimum atomic E-state index is -0.882. The van der Waals surface area contributed by atoms with Gasteiger partial charge in [-0.2, -0.15) is 0 Å². The molecule has 3 aromatic rings. The van der Waals surface area contributed by atoms with Crippen LogP contribution in [-0.4, -0.2) is 41.0 Å². The number of ether oxygens (including phenoxy) is 1. The van der Waals surface area contributed by atoms with E-state index in [0.717, 1.165) is 0 Å². The Kier molecular flexibility index (Phi) is 5.40. The second kappa shape index (κ2) is 8.01. The smallest absolute Gasteiger partial charge is 0.290 e. The molecule has 3 heterocycles. The molecule has 0 radical (unpaired) electrons. The van der Waals surface area contributed by atoms with Gasteiger partial charge < -0.3 is 23.6 Å². The monoisotopic (exact) mass is 429 g/mol. The maximum atomic E-state index is 13.3. The van der Waals surface area contributed by atoms with E-state index < -0.39 is 23.5 Å². The Morgan fingerprint density at radius 3 is 2.80 bits per heavy atom. The number of nitrogens with zero attached hydrogens (tertiary/aromatic N) is 1. The van der Waals surface area contributed by atoms with Crippen LogP contribution in [0.15, 0.2) is 62.8 Å². The topological polar surface area (TPSA) is 93.1 Å². The number of hydrogen-bond donors (Lipinski definition) is 1. The minimum Gasteiger partial charge on any atom is -0.503 e. The van der Waals surface area contributed by atoms with E-state index in [4.69, 9.17) is 25.2 Å². The van der Waals surface area contributed by atoms with Gasteiger partial charge in [0.1, 0.15) is 17.4 Å². The van der Waals surface area contributed by atoms with Crippen LogP contribution in [0.25, 0.3) is 11.0 Å². The molecule has 0 bridgehead atoms. The second-order valence-corrected chi connectivity index (χ2v) is 7.66. The van der Waals surface area contributed by atoms with Gasteiger partial charge in [-0.15, -0.1) is 0 Å². The Morgan fingerprint density at radius 2 is 2.10 bits per heavy atom. The molecule has 7 nitrogen and oxygen atoms in total. The first-order valence-electron chi connectivity index (χ1n) is 9.49. The van der Waals surface area contributed by atoms with Crippen LogP contribution >= 0.6 is 11.6 Å². The zero-order valence-electron chi connectivity index (χ0n) is 16.4. The summed E-state index contributed by atoms with van der Waals surface area (Å²) in [5.41, 5.74) is 0.383. The first-order chi connectivity index (χ1) is 14.4. The molecule has 4 rings (SSSR count). The highest BCUT2D eigenvalue weighted by Crippen LogP contribution is 2.39. The second-order valence-electron chi connectivity index (χ2n) is 7.22. The number of carbonyl (C=O) groups is 2. The highest BCUT2D eigenvalue weighted by molar-refractivity contribution is 6.31. The highest BCUT2D eigenvalue weighted by atomic mass is 35.5. The van der Waals surface area contributed by atoms with Crippen LogP contribution in [0.3, 0.4) is 0 Å². The van der Waals surface area contributed by atoms with Gasteiger partial charge in [0.25, 0.3) is 5.91 Å². The molecule has 1 amide bonds. The summed E-state index contributed by atoms with van der Waals surface area (Å²) >= 11 is 6.01. The van der Waals surface area contributed by atoms with Gasteiger partial charge in [0.15, 0.2) is 11.5 Å². The van der Waals surface area contributed by atoms with Gasteiger partial charge in [0.05, 0.1) is 24.5 Å². The maximum Gasteiger partial charge on any atom is 0.290 e. The van der Waals surface area contributed by atoms with Crippen molar-refractivity contribution in [2.45, 2.75) is 26.0 Å². The summed E-state index contributed by atoms with van der Waals surface area (Å²) in [6.07, 6.45) is 1.43. The number of Topliss-reactive ketones (excluding diaryl/α,β-unsaturated/α-hetero) is 1. The van der Waals surface area contributed by atoms with E-state index in [-0.39, 0.29) is 30.6 Å². The summed E-state index contributed by atoms with van der Waals surface area (Å²) in [5.74, 6) is -1.52. The van der Waals surface area contributed by atoms with Gasteiger partial charge in [0, 0.05) is 17.0 Å². The molecule has 0 fully saturated rings. The first kappa shape index (κ1) is 20.3. The van der Waals surface area contributed by atoms with Crippen molar-refractivity contribution in [3.63, 3.8) is 0 Å². The molecule has 1 atom stereocenters. The third-order valence-electron chi connectivity index (χ3n) is 4.85. The number of benzene rings is 1. The van der Waals surface area contributed by atoms with Crippen molar-refractivity contribution in [1.82, 2.24) is 4.90 Å². The van der Waals surface area contributed by atoms with Gasteiger partial charge in [-0.1, -0.05) is 11.6 Å². The molecule has 0 spiro atoms. The number of ketones is 1. The predicted octanol–water partition coefficient (Wildman–Crippen LogP) is 4.68. The quantitative estimate of drug-likeness (QED) is 0.548. The number of amides is 1. The molecule has 0 saturated heterocycles. The number of furan rings is 2. The normalized spacial score (nSPS) is 17.0. The minimum absolute atomic E-state index is 0.00143. The van der Waals surface area contributed by atoms with Crippen molar-refractivity contribution in [3.05, 3.63) is 70.5 Å². The van der Waals surface area contributed by atoms with Gasteiger partial charge >= 0.3 is 0 Å². The molecular formula is C22H20ClNO6. The zero-order chi connectivity index (χ0) is 21.4. The van der Waals surface area contributed by atoms with Crippen molar-refractivity contribution >= 4 is 34.3 Å². The summed E-state index contributed by atoms with van der Waals surface area (Å²) < 4.78 is 16.7. The molecule has 1 unspecified atom stereocenters. The Morgan fingerprint density at radius 1 is 1.30 bits per heavy atom. The standard InChI is InChI=1S/C22H20ClNO6/c1-12(2)28-9-7-24-19(16-4-3-8-29-16)18(21(26)22(24)27)20(25)17-11-13-10-14(23)5-6-15(13)30-17/h3-6,8,10-12,19,26H,7,9H2,1-2H3. The summed E-state index contributed by atoms with van der Waals surface area (Å²) in [5, 5.41) is 11.7. The fraction of sp³-hybridized carbons (Fsp3) is 0.273. The van der Waals surface area contributed by atoms with Crippen molar-refractivity contribution < 1.29 is 28.3 Å². The molecular weight excluding hydrogens is 410 g/mol. The molecule has 1 N–H and O–H groups in total. The van der Waals surface area contributed by atoms with Gasteiger partial charge in [-0.25, -0.2) is 0 Å². The number of fused-ring (bicyclic) bond motifs is 1. The van der Waals surface area contributed by atoms with Crippen molar-refractivity contribution in [3.8, 4) is 0 Å². The number of aliphatic hydroxyl groups is 1.